The van der Waals surface area contributed by atoms with Crippen molar-refractivity contribution >= 4 is 23.5 Å². The van der Waals surface area contributed by atoms with Crippen molar-refractivity contribution in [1.29, 1.82) is 0 Å². The van der Waals surface area contributed by atoms with Crippen LogP contribution in [0, 0.1) is 5.82 Å². The smallest absolute Gasteiger partial charge is 0.266 e. The molecular weight excluding hydrogens is 375 g/mol. The number of hydrogen-bond donors (Lipinski definition) is 1. The molecule has 0 fully saturated rings. The van der Waals surface area contributed by atoms with Crippen LogP contribution in [0.1, 0.15) is 15.2 Å². The maximum atomic E-state index is 13.3. The van der Waals surface area contributed by atoms with Crippen LogP contribution in [-0.2, 0) is 0 Å². The van der Waals surface area contributed by atoms with Crippen LogP contribution in [0.5, 0.6) is 0 Å². The van der Waals surface area contributed by atoms with Crippen molar-refractivity contribution in [3.63, 3.8) is 0 Å². The van der Waals surface area contributed by atoms with E-state index in [4.69, 9.17) is 0 Å². The van der Waals surface area contributed by atoms with Crippen molar-refractivity contribution in [1.82, 2.24) is 15.2 Å². The van der Waals surface area contributed by atoms with Gasteiger partial charge in [-0.2, -0.15) is 10.2 Å². The van der Waals surface area contributed by atoms with E-state index in [0.717, 1.165) is 11.3 Å². The molecule has 0 aliphatic heterocycles. The van der Waals surface area contributed by atoms with Gasteiger partial charge in [-0.25, -0.2) is 14.5 Å². The van der Waals surface area contributed by atoms with Crippen molar-refractivity contribution in [3.8, 4) is 16.9 Å². The highest BCUT2D eigenvalue weighted by Gasteiger charge is 2.12. The summed E-state index contributed by atoms with van der Waals surface area (Å²) in [6.45, 7) is 0. The highest BCUT2D eigenvalue weighted by atomic mass is 32.1. The summed E-state index contributed by atoms with van der Waals surface area (Å²) < 4.78 is 15.0. The summed E-state index contributed by atoms with van der Waals surface area (Å²) in [5, 5.41) is 10.5. The fraction of sp³-hybridized carbons (Fsp3) is 0. The molecule has 4 aromatic rings. The van der Waals surface area contributed by atoms with Gasteiger partial charge in [-0.3, -0.25) is 4.79 Å². The molecule has 0 spiro atoms. The molecule has 0 atom stereocenters. The molecule has 1 amide bonds. The molecule has 0 saturated carbocycles. The molecule has 0 aliphatic carbocycles. The van der Waals surface area contributed by atoms with E-state index in [1.165, 1.54) is 29.7 Å². The summed E-state index contributed by atoms with van der Waals surface area (Å²) >= 11 is 1.34. The molecule has 5 nitrogen and oxygen atoms in total. The van der Waals surface area contributed by atoms with E-state index >= 15 is 0 Å². The monoisotopic (exact) mass is 390 g/mol. The number of hydrazone groups is 1. The van der Waals surface area contributed by atoms with Crippen molar-refractivity contribution in [3.05, 3.63) is 94.6 Å². The van der Waals surface area contributed by atoms with Gasteiger partial charge in [-0.05, 0) is 47.8 Å². The Balaban J connectivity index is 1.66. The van der Waals surface area contributed by atoms with E-state index in [2.05, 4.69) is 15.6 Å². The molecule has 0 radical (unpaired) electrons. The summed E-state index contributed by atoms with van der Waals surface area (Å²) in [5.41, 5.74) is 5.48. The van der Waals surface area contributed by atoms with Crippen LogP contribution < -0.4 is 5.43 Å². The Bertz CT molecular complexity index is 1100. The van der Waals surface area contributed by atoms with Crippen LogP contribution in [0.4, 0.5) is 4.39 Å². The largest absolute Gasteiger partial charge is 0.281 e. The summed E-state index contributed by atoms with van der Waals surface area (Å²) in [6, 6.07) is 19.3. The summed E-state index contributed by atoms with van der Waals surface area (Å²) in [5.74, 6) is -0.588. The van der Waals surface area contributed by atoms with Crippen molar-refractivity contribution in [2.24, 2.45) is 5.10 Å². The molecule has 0 unspecified atom stereocenters. The zero-order valence-corrected chi connectivity index (χ0v) is 15.4. The Kier molecular flexibility index (Phi) is 5.07. The van der Waals surface area contributed by atoms with E-state index in [1.807, 2.05) is 41.9 Å². The van der Waals surface area contributed by atoms with Gasteiger partial charge in [0.15, 0.2) is 0 Å². The number of carbonyl (C=O) groups is 1. The van der Waals surface area contributed by atoms with Crippen LogP contribution in [0.15, 0.2) is 83.4 Å². The number of aromatic nitrogens is 2. The molecule has 0 bridgehead atoms. The van der Waals surface area contributed by atoms with Crippen LogP contribution in [0.3, 0.4) is 0 Å². The first-order valence-electron chi connectivity index (χ1n) is 8.48. The number of rotatable bonds is 5. The van der Waals surface area contributed by atoms with E-state index in [-0.39, 0.29) is 11.7 Å². The van der Waals surface area contributed by atoms with Gasteiger partial charge in [0.05, 0.1) is 16.8 Å². The summed E-state index contributed by atoms with van der Waals surface area (Å²) in [6.07, 6.45) is 3.35. The highest BCUT2D eigenvalue weighted by molar-refractivity contribution is 7.12. The van der Waals surface area contributed by atoms with Crippen LogP contribution in [-0.4, -0.2) is 21.9 Å². The van der Waals surface area contributed by atoms with Crippen LogP contribution in [0.2, 0.25) is 0 Å². The minimum Gasteiger partial charge on any atom is -0.266 e. The number of hydrogen-bond acceptors (Lipinski definition) is 4. The Hall–Kier alpha value is -3.58. The van der Waals surface area contributed by atoms with Gasteiger partial charge < -0.3 is 0 Å². The molecule has 0 aliphatic rings. The summed E-state index contributed by atoms with van der Waals surface area (Å²) in [4.78, 5) is 12.6. The number of thiophene rings is 1. The lowest BCUT2D eigenvalue weighted by atomic mass is 10.1. The first-order chi connectivity index (χ1) is 13.7. The molecule has 1 N–H and O–H groups in total. The molecule has 7 heteroatoms. The van der Waals surface area contributed by atoms with Gasteiger partial charge in [0.1, 0.15) is 11.5 Å². The Labute approximate surface area is 164 Å². The Morgan fingerprint density at radius 2 is 1.86 bits per heavy atom. The van der Waals surface area contributed by atoms with Gasteiger partial charge in [0.25, 0.3) is 5.91 Å². The number of nitrogens with zero attached hydrogens (tertiary/aromatic N) is 3. The second-order valence-corrected chi connectivity index (χ2v) is 6.84. The van der Waals surface area contributed by atoms with Gasteiger partial charge in [0, 0.05) is 17.3 Å². The van der Waals surface area contributed by atoms with E-state index < -0.39 is 0 Å². The number of benzene rings is 2. The zero-order valence-electron chi connectivity index (χ0n) is 14.6. The van der Waals surface area contributed by atoms with Crippen molar-refractivity contribution in [2.45, 2.75) is 0 Å². The minimum atomic E-state index is -0.315. The lowest BCUT2D eigenvalue weighted by Crippen LogP contribution is -2.16. The molecule has 2 aromatic carbocycles. The van der Waals surface area contributed by atoms with E-state index in [1.54, 1.807) is 28.9 Å². The average Bonchev–Trinajstić information content (AvgIpc) is 3.40. The molecule has 138 valence electrons. The standard InChI is InChI=1S/C21H15FN4OS/c22-17-10-8-15(9-11-17)20-16(13-23-24-21(27)19-7-4-12-28-19)14-26(25-20)18-5-2-1-3-6-18/h1-14H,(H,24,27)/b23-13-. The van der Waals surface area contributed by atoms with Crippen molar-refractivity contribution < 1.29 is 9.18 Å². The number of halogens is 1. The third kappa shape index (κ3) is 3.89. The zero-order chi connectivity index (χ0) is 19.3. The van der Waals surface area contributed by atoms with Crippen LogP contribution in [0.25, 0.3) is 16.9 Å². The van der Waals surface area contributed by atoms with Gasteiger partial charge in [-0.15, -0.1) is 11.3 Å². The molecule has 0 saturated heterocycles. The van der Waals surface area contributed by atoms with Gasteiger partial charge in [0.2, 0.25) is 0 Å². The Morgan fingerprint density at radius 3 is 2.57 bits per heavy atom. The Morgan fingerprint density at radius 1 is 1.07 bits per heavy atom. The number of amides is 1. The lowest BCUT2D eigenvalue weighted by Gasteiger charge is -2.00. The fourth-order valence-electron chi connectivity index (χ4n) is 2.65. The second-order valence-electron chi connectivity index (χ2n) is 5.90. The maximum absolute atomic E-state index is 13.3. The molecule has 2 aromatic heterocycles. The summed E-state index contributed by atoms with van der Waals surface area (Å²) in [7, 11) is 0. The number of nitrogens with one attached hydrogen (secondary N) is 1. The fourth-order valence-corrected chi connectivity index (χ4v) is 3.26. The van der Waals surface area contributed by atoms with Gasteiger partial charge in [-0.1, -0.05) is 24.3 Å². The first-order valence-corrected chi connectivity index (χ1v) is 9.36. The lowest BCUT2D eigenvalue weighted by molar-refractivity contribution is 0.0959. The second kappa shape index (κ2) is 7.98. The molecular formula is C21H15FN4OS. The van der Waals surface area contributed by atoms with Crippen molar-refractivity contribution in [2.75, 3.05) is 0 Å². The molecule has 2 heterocycles. The quantitative estimate of drug-likeness (QED) is 0.403. The highest BCUT2D eigenvalue weighted by Crippen LogP contribution is 2.23. The normalized spacial score (nSPS) is 11.0. The first kappa shape index (κ1) is 17.8. The van der Waals surface area contributed by atoms with E-state index in [0.29, 0.717) is 16.1 Å². The van der Waals surface area contributed by atoms with Gasteiger partial charge >= 0.3 is 0 Å². The number of para-hydroxylation sites is 1. The number of carbonyl (C=O) groups excluding carboxylic acids is 1. The molecule has 4 rings (SSSR count). The third-order valence-electron chi connectivity index (χ3n) is 4.00. The predicted molar refractivity (Wildman–Crippen MR) is 108 cm³/mol. The maximum Gasteiger partial charge on any atom is 0.281 e. The molecule has 28 heavy (non-hydrogen) atoms. The van der Waals surface area contributed by atoms with Crippen LogP contribution >= 0.6 is 11.3 Å². The predicted octanol–water partition coefficient (Wildman–Crippen LogP) is 4.50. The topological polar surface area (TPSA) is 59.3 Å². The SMILES string of the molecule is O=C(N/N=C\c1cn(-c2ccccc2)nc1-c1ccc(F)cc1)c1cccs1. The van der Waals surface area contributed by atoms with E-state index in [9.17, 15) is 9.18 Å². The minimum absolute atomic E-state index is 0.273. The average molecular weight is 390 g/mol. The third-order valence-corrected chi connectivity index (χ3v) is 4.86.